The van der Waals surface area contributed by atoms with Crippen LogP contribution in [-0.2, 0) is 11.2 Å². The van der Waals surface area contributed by atoms with Gasteiger partial charge >= 0.3 is 0 Å². The summed E-state index contributed by atoms with van der Waals surface area (Å²) in [5.41, 5.74) is 8.23. The molecule has 1 aromatic carbocycles. The summed E-state index contributed by atoms with van der Waals surface area (Å²) in [5, 5.41) is 0. The Morgan fingerprint density at radius 3 is 2.44 bits per heavy atom. The molecule has 0 radical (unpaired) electrons. The standard InChI is InChI=1S/C15H24N2O/c1-18-12-14-7-10-17(11-8-14)15-4-2-13(3-5-15)6-9-16/h2-5,14H,6-12,16H2,1H3. The van der Waals surface area contributed by atoms with Gasteiger partial charge in [0.2, 0.25) is 0 Å². The maximum atomic E-state index is 5.56. The lowest BCUT2D eigenvalue weighted by molar-refractivity contribution is 0.139. The number of hydrogen-bond acceptors (Lipinski definition) is 3. The fourth-order valence-electron chi connectivity index (χ4n) is 2.63. The number of ether oxygens (including phenoxy) is 1. The van der Waals surface area contributed by atoms with Crippen molar-refractivity contribution in [2.75, 3.05) is 38.3 Å². The van der Waals surface area contributed by atoms with Crippen LogP contribution in [0.4, 0.5) is 5.69 Å². The van der Waals surface area contributed by atoms with Gasteiger partial charge in [-0.2, -0.15) is 0 Å². The van der Waals surface area contributed by atoms with Crippen molar-refractivity contribution in [3.63, 3.8) is 0 Å². The van der Waals surface area contributed by atoms with Gasteiger partial charge in [-0.3, -0.25) is 0 Å². The third-order valence-corrected chi connectivity index (χ3v) is 3.75. The van der Waals surface area contributed by atoms with Crippen LogP contribution in [0.15, 0.2) is 24.3 Å². The molecule has 0 aromatic heterocycles. The van der Waals surface area contributed by atoms with Gasteiger partial charge in [-0.15, -0.1) is 0 Å². The number of rotatable bonds is 5. The van der Waals surface area contributed by atoms with E-state index >= 15 is 0 Å². The molecule has 1 saturated heterocycles. The molecule has 1 aliphatic rings. The van der Waals surface area contributed by atoms with Gasteiger partial charge in [0, 0.05) is 32.5 Å². The van der Waals surface area contributed by atoms with Gasteiger partial charge in [0.25, 0.3) is 0 Å². The Morgan fingerprint density at radius 2 is 1.89 bits per heavy atom. The third-order valence-electron chi connectivity index (χ3n) is 3.75. The van der Waals surface area contributed by atoms with Crippen molar-refractivity contribution in [2.24, 2.45) is 11.7 Å². The van der Waals surface area contributed by atoms with Crippen molar-refractivity contribution in [3.8, 4) is 0 Å². The predicted molar refractivity (Wildman–Crippen MR) is 76.0 cm³/mol. The Balaban J connectivity index is 1.89. The van der Waals surface area contributed by atoms with Crippen LogP contribution >= 0.6 is 0 Å². The molecule has 2 rings (SSSR count). The highest BCUT2D eigenvalue weighted by Crippen LogP contribution is 2.23. The first-order chi connectivity index (χ1) is 8.83. The molecule has 1 fully saturated rings. The molecule has 1 heterocycles. The molecule has 0 amide bonds. The summed E-state index contributed by atoms with van der Waals surface area (Å²) in [6, 6.07) is 8.84. The molecular weight excluding hydrogens is 224 g/mol. The molecule has 0 unspecified atom stereocenters. The molecule has 18 heavy (non-hydrogen) atoms. The van der Waals surface area contributed by atoms with Crippen LogP contribution in [0.1, 0.15) is 18.4 Å². The van der Waals surface area contributed by atoms with Crippen LogP contribution in [0.2, 0.25) is 0 Å². The molecule has 1 aliphatic heterocycles. The van der Waals surface area contributed by atoms with Gasteiger partial charge in [-0.05, 0) is 49.4 Å². The van der Waals surface area contributed by atoms with Crippen molar-refractivity contribution in [3.05, 3.63) is 29.8 Å². The Kier molecular flexibility index (Phi) is 5.02. The van der Waals surface area contributed by atoms with E-state index in [-0.39, 0.29) is 0 Å². The maximum Gasteiger partial charge on any atom is 0.0491 e. The monoisotopic (exact) mass is 248 g/mol. The number of nitrogens with zero attached hydrogens (tertiary/aromatic N) is 1. The fourth-order valence-corrected chi connectivity index (χ4v) is 2.63. The average Bonchev–Trinajstić information content (AvgIpc) is 2.41. The summed E-state index contributed by atoms with van der Waals surface area (Å²) in [5.74, 6) is 0.739. The molecule has 2 N–H and O–H groups in total. The van der Waals surface area contributed by atoms with E-state index in [1.165, 1.54) is 24.1 Å². The second kappa shape index (κ2) is 6.76. The zero-order valence-corrected chi connectivity index (χ0v) is 11.3. The molecule has 100 valence electrons. The van der Waals surface area contributed by atoms with Crippen molar-refractivity contribution in [1.29, 1.82) is 0 Å². The number of benzene rings is 1. The minimum Gasteiger partial charge on any atom is -0.384 e. The quantitative estimate of drug-likeness (QED) is 0.866. The lowest BCUT2D eigenvalue weighted by Crippen LogP contribution is -2.34. The normalized spacial score (nSPS) is 17.1. The van der Waals surface area contributed by atoms with Crippen molar-refractivity contribution < 1.29 is 4.74 Å². The van der Waals surface area contributed by atoms with Gasteiger partial charge in [0.05, 0.1) is 0 Å². The molecular formula is C15H24N2O. The van der Waals surface area contributed by atoms with Crippen LogP contribution in [0.25, 0.3) is 0 Å². The van der Waals surface area contributed by atoms with Gasteiger partial charge in [0.1, 0.15) is 0 Å². The van der Waals surface area contributed by atoms with E-state index in [1.807, 2.05) is 0 Å². The lowest BCUT2D eigenvalue weighted by atomic mass is 9.97. The summed E-state index contributed by atoms with van der Waals surface area (Å²) in [6.07, 6.45) is 3.44. The molecule has 3 nitrogen and oxygen atoms in total. The molecule has 0 spiro atoms. The Morgan fingerprint density at radius 1 is 1.22 bits per heavy atom. The summed E-state index contributed by atoms with van der Waals surface area (Å²) < 4.78 is 5.23. The van der Waals surface area contributed by atoms with E-state index in [4.69, 9.17) is 10.5 Å². The summed E-state index contributed by atoms with van der Waals surface area (Å²) in [6.45, 7) is 3.92. The van der Waals surface area contributed by atoms with Crippen LogP contribution in [0.3, 0.4) is 0 Å². The Hall–Kier alpha value is -1.06. The topological polar surface area (TPSA) is 38.5 Å². The fraction of sp³-hybridized carbons (Fsp3) is 0.600. The van der Waals surface area contributed by atoms with Gasteiger partial charge in [-0.1, -0.05) is 12.1 Å². The molecule has 1 aromatic rings. The SMILES string of the molecule is COCC1CCN(c2ccc(CCN)cc2)CC1. The third kappa shape index (κ3) is 3.47. The molecule has 0 atom stereocenters. The minimum absolute atomic E-state index is 0.724. The van der Waals surface area contributed by atoms with Crippen molar-refractivity contribution in [2.45, 2.75) is 19.3 Å². The number of nitrogens with two attached hydrogens (primary N) is 1. The molecule has 0 bridgehead atoms. The van der Waals surface area contributed by atoms with E-state index in [9.17, 15) is 0 Å². The van der Waals surface area contributed by atoms with Gasteiger partial charge in [-0.25, -0.2) is 0 Å². The Bertz CT molecular complexity index is 342. The van der Waals surface area contributed by atoms with E-state index in [0.717, 1.165) is 38.6 Å². The van der Waals surface area contributed by atoms with Crippen molar-refractivity contribution >= 4 is 5.69 Å². The van der Waals surface area contributed by atoms with Crippen LogP contribution < -0.4 is 10.6 Å². The predicted octanol–water partition coefficient (Wildman–Crippen LogP) is 2.05. The van der Waals surface area contributed by atoms with Crippen LogP contribution in [0, 0.1) is 5.92 Å². The van der Waals surface area contributed by atoms with Gasteiger partial charge < -0.3 is 15.4 Å². The Labute approximate surface area is 110 Å². The second-order valence-electron chi connectivity index (χ2n) is 5.09. The van der Waals surface area contributed by atoms with E-state index in [2.05, 4.69) is 29.2 Å². The highest BCUT2D eigenvalue weighted by molar-refractivity contribution is 5.48. The smallest absolute Gasteiger partial charge is 0.0491 e. The highest BCUT2D eigenvalue weighted by Gasteiger charge is 2.18. The first-order valence-corrected chi connectivity index (χ1v) is 6.86. The average molecular weight is 248 g/mol. The first-order valence-electron chi connectivity index (χ1n) is 6.86. The largest absolute Gasteiger partial charge is 0.384 e. The van der Waals surface area contributed by atoms with Crippen molar-refractivity contribution in [1.82, 2.24) is 0 Å². The minimum atomic E-state index is 0.724. The van der Waals surface area contributed by atoms with E-state index in [1.54, 1.807) is 7.11 Å². The van der Waals surface area contributed by atoms with E-state index in [0.29, 0.717) is 0 Å². The lowest BCUT2D eigenvalue weighted by Gasteiger charge is -2.33. The number of hydrogen-bond donors (Lipinski definition) is 1. The number of piperidine rings is 1. The van der Waals surface area contributed by atoms with E-state index < -0.39 is 0 Å². The zero-order valence-electron chi connectivity index (χ0n) is 11.3. The number of methoxy groups -OCH3 is 1. The molecule has 0 saturated carbocycles. The highest BCUT2D eigenvalue weighted by atomic mass is 16.5. The summed E-state index contributed by atoms with van der Waals surface area (Å²) in [7, 11) is 1.79. The second-order valence-corrected chi connectivity index (χ2v) is 5.09. The first kappa shape index (κ1) is 13.4. The maximum absolute atomic E-state index is 5.56. The molecule has 3 heteroatoms. The molecule has 0 aliphatic carbocycles. The number of anilines is 1. The van der Waals surface area contributed by atoms with Crippen LogP contribution in [0.5, 0.6) is 0 Å². The van der Waals surface area contributed by atoms with Crippen LogP contribution in [-0.4, -0.2) is 33.4 Å². The summed E-state index contributed by atoms with van der Waals surface area (Å²) >= 11 is 0. The zero-order chi connectivity index (χ0) is 12.8. The summed E-state index contributed by atoms with van der Waals surface area (Å²) in [4.78, 5) is 2.47. The van der Waals surface area contributed by atoms with Gasteiger partial charge in [0.15, 0.2) is 0 Å².